The fourth-order valence-electron chi connectivity index (χ4n) is 2.44. The zero-order valence-corrected chi connectivity index (χ0v) is 10.4. The molecule has 4 nitrogen and oxygen atoms in total. The first-order valence-corrected chi connectivity index (χ1v) is 6.08. The van der Waals surface area contributed by atoms with Crippen LogP contribution >= 0.6 is 0 Å². The number of hydrogen-bond donors (Lipinski definition) is 1. The molecule has 16 heavy (non-hydrogen) atoms. The molecule has 1 aromatic rings. The molecule has 4 heteroatoms. The van der Waals surface area contributed by atoms with Gasteiger partial charge in [0.1, 0.15) is 0 Å². The minimum atomic E-state index is 0.514. The highest BCUT2D eigenvalue weighted by atomic mass is 16.5. The van der Waals surface area contributed by atoms with Crippen LogP contribution < -0.4 is 5.32 Å². The third-order valence-corrected chi connectivity index (χ3v) is 3.32. The molecule has 2 rings (SSSR count). The summed E-state index contributed by atoms with van der Waals surface area (Å²) in [5, 5.41) is 7.46. The molecule has 0 bridgehead atoms. The monoisotopic (exact) mass is 223 g/mol. The number of aromatic nitrogens is 2. The highest BCUT2D eigenvalue weighted by molar-refractivity contribution is 4.88. The molecule has 0 spiro atoms. The maximum absolute atomic E-state index is 4.93. The highest BCUT2D eigenvalue weighted by Gasteiger charge is 2.30. The van der Waals surface area contributed by atoms with Gasteiger partial charge >= 0.3 is 0 Å². The van der Waals surface area contributed by atoms with Crippen LogP contribution in [0.1, 0.15) is 44.8 Å². The maximum Gasteiger partial charge on any atom is 0.223 e. The molecule has 1 N–H and O–H groups in total. The molecule has 1 aliphatic rings. The quantitative estimate of drug-likeness (QED) is 0.849. The Morgan fingerprint density at radius 1 is 1.50 bits per heavy atom. The van der Waals surface area contributed by atoms with Gasteiger partial charge in [-0.15, -0.1) is 0 Å². The topological polar surface area (TPSA) is 51.0 Å². The first-order chi connectivity index (χ1) is 7.55. The van der Waals surface area contributed by atoms with E-state index < -0.39 is 0 Å². The van der Waals surface area contributed by atoms with Gasteiger partial charge in [-0.3, -0.25) is 0 Å². The number of nitrogens with one attached hydrogen (secondary N) is 1. The molecule has 1 heterocycles. The minimum Gasteiger partial charge on any atom is -0.340 e. The van der Waals surface area contributed by atoms with Crippen molar-refractivity contribution in [2.24, 2.45) is 5.41 Å². The summed E-state index contributed by atoms with van der Waals surface area (Å²) in [6.07, 6.45) is 4.75. The van der Waals surface area contributed by atoms with Gasteiger partial charge in [-0.05, 0) is 24.7 Å². The summed E-state index contributed by atoms with van der Waals surface area (Å²) >= 11 is 0. The summed E-state index contributed by atoms with van der Waals surface area (Å²) in [4.78, 5) is 4.19. The second-order valence-electron chi connectivity index (χ2n) is 5.54. The second kappa shape index (κ2) is 4.53. The fourth-order valence-corrected chi connectivity index (χ4v) is 2.44. The van der Waals surface area contributed by atoms with Gasteiger partial charge < -0.3 is 9.84 Å². The lowest BCUT2D eigenvalue weighted by atomic mass is 9.92. The van der Waals surface area contributed by atoms with Crippen LogP contribution in [-0.4, -0.2) is 22.7 Å². The molecular weight excluding hydrogens is 202 g/mol. The molecule has 90 valence electrons. The zero-order valence-electron chi connectivity index (χ0n) is 10.4. The van der Waals surface area contributed by atoms with E-state index in [0.717, 1.165) is 18.8 Å². The van der Waals surface area contributed by atoms with Gasteiger partial charge in [-0.1, -0.05) is 19.0 Å². The molecule has 0 aliphatic heterocycles. The molecule has 1 unspecified atom stereocenters. The molecule has 0 amide bonds. The van der Waals surface area contributed by atoms with Crippen LogP contribution in [0.3, 0.4) is 0 Å². The van der Waals surface area contributed by atoms with Crippen molar-refractivity contribution in [2.45, 2.75) is 52.5 Å². The van der Waals surface area contributed by atoms with E-state index in [1.807, 2.05) is 6.92 Å². The maximum atomic E-state index is 4.93. The van der Waals surface area contributed by atoms with Gasteiger partial charge in [0, 0.05) is 25.9 Å². The molecule has 1 aromatic heterocycles. The Kier molecular flexibility index (Phi) is 3.28. The Bertz CT molecular complexity index is 346. The van der Waals surface area contributed by atoms with Gasteiger partial charge in [0.05, 0.1) is 0 Å². The Hall–Kier alpha value is -0.900. The van der Waals surface area contributed by atoms with E-state index >= 15 is 0 Å². The molecule has 1 fully saturated rings. The Labute approximate surface area is 96.8 Å². The lowest BCUT2D eigenvalue weighted by Gasteiger charge is -2.17. The first kappa shape index (κ1) is 11.6. The van der Waals surface area contributed by atoms with Crippen LogP contribution in [0.2, 0.25) is 0 Å². The number of rotatable bonds is 4. The lowest BCUT2D eigenvalue weighted by molar-refractivity contribution is 0.363. The molecule has 0 saturated heterocycles. The molecule has 0 aromatic carbocycles. The minimum absolute atomic E-state index is 0.514. The fraction of sp³-hybridized carbons (Fsp3) is 0.833. The van der Waals surface area contributed by atoms with Crippen LogP contribution in [0.4, 0.5) is 0 Å². The average Bonchev–Trinajstić information content (AvgIpc) is 2.73. The summed E-state index contributed by atoms with van der Waals surface area (Å²) in [6.45, 7) is 7.46. The lowest BCUT2D eigenvalue weighted by Crippen LogP contribution is -2.29. The summed E-state index contributed by atoms with van der Waals surface area (Å²) in [5.74, 6) is 1.46. The van der Waals surface area contributed by atoms with Gasteiger partial charge in [0.25, 0.3) is 0 Å². The van der Waals surface area contributed by atoms with Crippen LogP contribution in [-0.2, 0) is 6.42 Å². The predicted octanol–water partition coefficient (Wildman–Crippen LogP) is 2.09. The number of hydrogen-bond acceptors (Lipinski definition) is 4. The van der Waals surface area contributed by atoms with Crippen molar-refractivity contribution in [3.63, 3.8) is 0 Å². The van der Waals surface area contributed by atoms with Crippen LogP contribution in [0, 0.1) is 12.3 Å². The summed E-state index contributed by atoms with van der Waals surface area (Å²) in [5.41, 5.74) is 0.514. The normalized spacial score (nSPS) is 23.8. The van der Waals surface area contributed by atoms with E-state index in [1.54, 1.807) is 0 Å². The van der Waals surface area contributed by atoms with Gasteiger partial charge in [0.2, 0.25) is 5.89 Å². The standard InChI is InChI=1S/C12H21N3O/c1-9-14-11(15-16-9)5-7-13-10-4-6-12(2,3)8-10/h10,13H,4-8H2,1-3H3. The van der Waals surface area contributed by atoms with Gasteiger partial charge in [-0.2, -0.15) is 4.98 Å². The van der Waals surface area contributed by atoms with Crippen LogP contribution in [0.15, 0.2) is 4.52 Å². The third-order valence-electron chi connectivity index (χ3n) is 3.32. The van der Waals surface area contributed by atoms with Crippen molar-refractivity contribution in [1.82, 2.24) is 15.5 Å². The Morgan fingerprint density at radius 2 is 2.31 bits per heavy atom. The van der Waals surface area contributed by atoms with Crippen LogP contribution in [0.5, 0.6) is 0 Å². The largest absolute Gasteiger partial charge is 0.340 e. The smallest absolute Gasteiger partial charge is 0.223 e. The summed E-state index contributed by atoms with van der Waals surface area (Å²) < 4.78 is 4.93. The van der Waals surface area contributed by atoms with Crippen molar-refractivity contribution in [1.29, 1.82) is 0 Å². The van der Waals surface area contributed by atoms with E-state index in [-0.39, 0.29) is 0 Å². The Morgan fingerprint density at radius 3 is 2.88 bits per heavy atom. The van der Waals surface area contributed by atoms with Crippen molar-refractivity contribution < 1.29 is 4.52 Å². The molecule has 1 aliphatic carbocycles. The SMILES string of the molecule is Cc1nc(CCNC2CCC(C)(C)C2)no1. The zero-order chi connectivity index (χ0) is 11.6. The third kappa shape index (κ3) is 3.04. The van der Waals surface area contributed by atoms with Gasteiger partial charge in [-0.25, -0.2) is 0 Å². The molecule has 0 radical (unpaired) electrons. The van der Waals surface area contributed by atoms with E-state index in [0.29, 0.717) is 17.3 Å². The number of nitrogens with zero attached hydrogens (tertiary/aromatic N) is 2. The predicted molar refractivity (Wildman–Crippen MR) is 62.2 cm³/mol. The highest BCUT2D eigenvalue weighted by Crippen LogP contribution is 2.36. The average molecular weight is 223 g/mol. The van der Waals surface area contributed by atoms with Crippen molar-refractivity contribution in [3.05, 3.63) is 11.7 Å². The Balaban J connectivity index is 1.69. The molecule has 1 saturated carbocycles. The summed E-state index contributed by atoms with van der Waals surface area (Å²) in [6, 6.07) is 0.669. The first-order valence-electron chi connectivity index (χ1n) is 6.08. The van der Waals surface area contributed by atoms with E-state index in [2.05, 4.69) is 29.3 Å². The van der Waals surface area contributed by atoms with Gasteiger partial charge in [0.15, 0.2) is 5.82 Å². The van der Waals surface area contributed by atoms with Crippen molar-refractivity contribution in [2.75, 3.05) is 6.54 Å². The van der Waals surface area contributed by atoms with Crippen molar-refractivity contribution >= 4 is 0 Å². The number of aryl methyl sites for hydroxylation is 1. The van der Waals surface area contributed by atoms with E-state index in [1.165, 1.54) is 19.3 Å². The second-order valence-corrected chi connectivity index (χ2v) is 5.54. The summed E-state index contributed by atoms with van der Waals surface area (Å²) in [7, 11) is 0. The van der Waals surface area contributed by atoms with E-state index in [9.17, 15) is 0 Å². The molecular formula is C12H21N3O. The molecule has 1 atom stereocenters. The van der Waals surface area contributed by atoms with Crippen molar-refractivity contribution in [3.8, 4) is 0 Å². The van der Waals surface area contributed by atoms with Crippen LogP contribution in [0.25, 0.3) is 0 Å². The van der Waals surface area contributed by atoms with E-state index in [4.69, 9.17) is 4.52 Å².